The summed E-state index contributed by atoms with van der Waals surface area (Å²) >= 11 is 5.79. The minimum absolute atomic E-state index is 0.265. The second kappa shape index (κ2) is 5.87. The van der Waals surface area contributed by atoms with Crippen molar-refractivity contribution in [3.8, 4) is 0 Å². The van der Waals surface area contributed by atoms with Crippen molar-refractivity contribution in [1.29, 1.82) is 0 Å². The van der Waals surface area contributed by atoms with Gasteiger partial charge in [0.15, 0.2) is 0 Å². The first-order valence-electron chi connectivity index (χ1n) is 6.01. The lowest BCUT2D eigenvalue weighted by Crippen LogP contribution is -2.12. The zero-order valence-corrected chi connectivity index (χ0v) is 10.9. The largest absolute Gasteiger partial charge is 0.370 e. The molecule has 0 aliphatic carbocycles. The van der Waals surface area contributed by atoms with Gasteiger partial charge in [0.05, 0.1) is 11.0 Å². The van der Waals surface area contributed by atoms with Crippen LogP contribution in [0.4, 0.5) is 0 Å². The van der Waals surface area contributed by atoms with Crippen molar-refractivity contribution in [1.82, 2.24) is 9.55 Å². The molecule has 1 aromatic heterocycles. The number of primary amides is 1. The van der Waals surface area contributed by atoms with Crippen LogP contribution in [0.5, 0.6) is 0 Å². The topological polar surface area (TPSA) is 60.9 Å². The van der Waals surface area contributed by atoms with Gasteiger partial charge < -0.3 is 10.3 Å². The van der Waals surface area contributed by atoms with Crippen LogP contribution < -0.4 is 5.73 Å². The van der Waals surface area contributed by atoms with E-state index in [0.717, 1.165) is 36.2 Å². The molecule has 0 radical (unpaired) electrons. The van der Waals surface area contributed by atoms with Gasteiger partial charge in [-0.3, -0.25) is 4.79 Å². The molecule has 0 unspecified atom stereocenters. The van der Waals surface area contributed by atoms with Crippen LogP contribution in [-0.4, -0.2) is 21.3 Å². The molecule has 96 valence electrons. The Bertz CT molecular complexity index is 550. The second-order valence-electron chi connectivity index (χ2n) is 4.18. The number of nitrogens with two attached hydrogens (primary N) is 1. The number of benzene rings is 1. The number of fused-ring (bicyclic) bond motifs is 1. The van der Waals surface area contributed by atoms with E-state index in [4.69, 9.17) is 17.3 Å². The fraction of sp³-hybridized carbons (Fsp3) is 0.385. The number of imidazole rings is 1. The van der Waals surface area contributed by atoms with Crippen LogP contribution in [-0.2, 0) is 17.8 Å². The van der Waals surface area contributed by atoms with E-state index in [2.05, 4.69) is 9.55 Å². The molecule has 1 heterocycles. The first kappa shape index (κ1) is 12.9. The number of para-hydroxylation sites is 2. The van der Waals surface area contributed by atoms with Gasteiger partial charge in [-0.2, -0.15) is 0 Å². The number of nitrogens with zero attached hydrogens (tertiary/aromatic N) is 2. The first-order valence-corrected chi connectivity index (χ1v) is 6.54. The zero-order valence-electron chi connectivity index (χ0n) is 10.1. The lowest BCUT2D eigenvalue weighted by Gasteiger charge is -2.07. The highest BCUT2D eigenvalue weighted by Gasteiger charge is 2.09. The molecule has 0 saturated heterocycles. The van der Waals surface area contributed by atoms with Crippen molar-refractivity contribution < 1.29 is 4.79 Å². The van der Waals surface area contributed by atoms with Gasteiger partial charge in [0.25, 0.3) is 0 Å². The monoisotopic (exact) mass is 265 g/mol. The number of carbonyl (C=O) groups is 1. The SMILES string of the molecule is NC(=O)CCCn1c(CCCl)nc2ccccc21. The van der Waals surface area contributed by atoms with Crippen LogP contribution in [0.1, 0.15) is 18.7 Å². The van der Waals surface area contributed by atoms with Gasteiger partial charge in [-0.15, -0.1) is 11.6 Å². The molecule has 2 N–H and O–H groups in total. The van der Waals surface area contributed by atoms with Crippen LogP contribution in [0.25, 0.3) is 11.0 Å². The van der Waals surface area contributed by atoms with Crippen LogP contribution >= 0.6 is 11.6 Å². The van der Waals surface area contributed by atoms with E-state index < -0.39 is 0 Å². The maximum Gasteiger partial charge on any atom is 0.217 e. The van der Waals surface area contributed by atoms with Crippen LogP contribution in [0.15, 0.2) is 24.3 Å². The molecular weight excluding hydrogens is 250 g/mol. The van der Waals surface area contributed by atoms with Gasteiger partial charge in [0.2, 0.25) is 5.91 Å². The van der Waals surface area contributed by atoms with Crippen molar-refractivity contribution >= 4 is 28.5 Å². The normalized spacial score (nSPS) is 10.9. The summed E-state index contributed by atoms with van der Waals surface area (Å²) in [7, 11) is 0. The number of carbonyl (C=O) groups excluding carboxylic acids is 1. The fourth-order valence-electron chi connectivity index (χ4n) is 2.06. The van der Waals surface area contributed by atoms with E-state index in [0.29, 0.717) is 12.3 Å². The second-order valence-corrected chi connectivity index (χ2v) is 4.56. The van der Waals surface area contributed by atoms with E-state index >= 15 is 0 Å². The predicted octanol–water partition coefficient (Wildman–Crippen LogP) is 2.08. The smallest absolute Gasteiger partial charge is 0.217 e. The van der Waals surface area contributed by atoms with Gasteiger partial charge in [-0.05, 0) is 18.6 Å². The molecule has 0 spiro atoms. The average Bonchev–Trinajstić information content (AvgIpc) is 2.68. The molecule has 4 nitrogen and oxygen atoms in total. The number of hydrogen-bond acceptors (Lipinski definition) is 2. The third-order valence-corrected chi connectivity index (χ3v) is 3.05. The van der Waals surface area contributed by atoms with Crippen molar-refractivity contribution in [2.24, 2.45) is 5.73 Å². The number of halogens is 1. The first-order chi connectivity index (χ1) is 8.72. The molecule has 0 aliphatic rings. The van der Waals surface area contributed by atoms with Crippen molar-refractivity contribution in [3.05, 3.63) is 30.1 Å². The van der Waals surface area contributed by atoms with Gasteiger partial charge >= 0.3 is 0 Å². The average molecular weight is 266 g/mol. The highest BCUT2D eigenvalue weighted by atomic mass is 35.5. The Morgan fingerprint density at radius 2 is 2.17 bits per heavy atom. The Morgan fingerprint density at radius 3 is 2.89 bits per heavy atom. The minimum atomic E-state index is -0.265. The van der Waals surface area contributed by atoms with Crippen LogP contribution in [0.2, 0.25) is 0 Å². The van der Waals surface area contributed by atoms with Crippen molar-refractivity contribution in [2.45, 2.75) is 25.8 Å². The zero-order chi connectivity index (χ0) is 13.0. The Hall–Kier alpha value is -1.55. The van der Waals surface area contributed by atoms with Gasteiger partial charge in [-0.1, -0.05) is 12.1 Å². The van der Waals surface area contributed by atoms with Crippen molar-refractivity contribution in [2.75, 3.05) is 5.88 Å². The summed E-state index contributed by atoms with van der Waals surface area (Å²) in [6.45, 7) is 0.746. The van der Waals surface area contributed by atoms with E-state index in [1.165, 1.54) is 0 Å². The Labute approximate surface area is 111 Å². The number of rotatable bonds is 6. The molecule has 0 fully saturated rings. The summed E-state index contributed by atoms with van der Waals surface area (Å²) in [5.74, 6) is 1.24. The molecule has 0 saturated carbocycles. The van der Waals surface area contributed by atoms with Crippen LogP contribution in [0.3, 0.4) is 0 Å². The van der Waals surface area contributed by atoms with E-state index in [1.54, 1.807) is 0 Å². The number of alkyl halides is 1. The molecule has 0 bridgehead atoms. The summed E-state index contributed by atoms with van der Waals surface area (Å²) in [5.41, 5.74) is 7.21. The summed E-state index contributed by atoms with van der Waals surface area (Å²) in [6, 6.07) is 7.97. The van der Waals surface area contributed by atoms with Crippen molar-refractivity contribution in [3.63, 3.8) is 0 Å². The van der Waals surface area contributed by atoms with E-state index in [1.807, 2.05) is 24.3 Å². The summed E-state index contributed by atoms with van der Waals surface area (Å²) in [4.78, 5) is 15.3. The number of hydrogen-bond donors (Lipinski definition) is 1. The summed E-state index contributed by atoms with van der Waals surface area (Å²) < 4.78 is 2.13. The van der Waals surface area contributed by atoms with Gasteiger partial charge in [-0.25, -0.2) is 4.98 Å². The highest BCUT2D eigenvalue weighted by Crippen LogP contribution is 2.17. The summed E-state index contributed by atoms with van der Waals surface area (Å²) in [6.07, 6.45) is 1.85. The maximum absolute atomic E-state index is 10.8. The third kappa shape index (κ3) is 2.82. The van der Waals surface area contributed by atoms with Crippen LogP contribution in [0, 0.1) is 0 Å². The molecular formula is C13H16ClN3O. The predicted molar refractivity (Wildman–Crippen MR) is 72.6 cm³/mol. The molecule has 18 heavy (non-hydrogen) atoms. The van der Waals surface area contributed by atoms with E-state index in [-0.39, 0.29) is 5.91 Å². The molecule has 5 heteroatoms. The molecule has 0 atom stereocenters. The minimum Gasteiger partial charge on any atom is -0.370 e. The number of aromatic nitrogens is 2. The fourth-order valence-corrected chi connectivity index (χ4v) is 2.23. The van der Waals surface area contributed by atoms with Gasteiger partial charge in [0.1, 0.15) is 5.82 Å². The summed E-state index contributed by atoms with van der Waals surface area (Å²) in [5, 5.41) is 0. The van der Waals surface area contributed by atoms with E-state index in [9.17, 15) is 4.79 Å². The number of aryl methyl sites for hydroxylation is 2. The highest BCUT2D eigenvalue weighted by molar-refractivity contribution is 6.17. The Balaban J connectivity index is 2.26. The third-order valence-electron chi connectivity index (χ3n) is 2.86. The Kier molecular flexibility index (Phi) is 4.20. The maximum atomic E-state index is 10.8. The molecule has 1 amide bonds. The van der Waals surface area contributed by atoms with Gasteiger partial charge in [0, 0.05) is 25.3 Å². The molecule has 0 aliphatic heterocycles. The molecule has 1 aromatic carbocycles. The standard InChI is InChI=1S/C13H16ClN3O/c14-8-7-13-16-10-4-1-2-5-11(10)17(13)9-3-6-12(15)18/h1-2,4-5H,3,6-9H2,(H2,15,18). The number of amides is 1. The quantitative estimate of drug-likeness (QED) is 0.813. The Morgan fingerprint density at radius 1 is 1.39 bits per heavy atom. The lowest BCUT2D eigenvalue weighted by atomic mass is 10.2. The lowest BCUT2D eigenvalue weighted by molar-refractivity contribution is -0.118. The molecule has 2 aromatic rings. The molecule has 2 rings (SSSR count).